The van der Waals surface area contributed by atoms with Crippen LogP contribution in [0.15, 0.2) is 48.6 Å². The fourth-order valence-electron chi connectivity index (χ4n) is 7.22. The molecule has 6 nitrogen and oxygen atoms in total. The number of rotatable bonds is 3. The van der Waals surface area contributed by atoms with Crippen LogP contribution in [0.4, 0.5) is 0 Å². The molecule has 34 heavy (non-hydrogen) atoms. The van der Waals surface area contributed by atoms with Gasteiger partial charge in [-0.05, 0) is 61.6 Å². The zero-order valence-corrected chi connectivity index (χ0v) is 20.2. The first kappa shape index (κ1) is 23.6. The second kappa shape index (κ2) is 8.51. The molecule has 1 saturated carbocycles. The number of carbonyl (C=O) groups excluding carboxylic acids is 1. The summed E-state index contributed by atoms with van der Waals surface area (Å²) in [6.07, 6.45) is 9.13. The predicted molar refractivity (Wildman–Crippen MR) is 129 cm³/mol. The molecular formula is C28H37NO5. The van der Waals surface area contributed by atoms with Gasteiger partial charge in [0, 0.05) is 24.5 Å². The van der Waals surface area contributed by atoms with Gasteiger partial charge in [0.25, 0.3) is 0 Å². The van der Waals surface area contributed by atoms with Crippen LogP contribution < -0.4 is 5.32 Å². The lowest BCUT2D eigenvalue weighted by molar-refractivity contribution is -0.142. The van der Waals surface area contributed by atoms with Crippen molar-refractivity contribution in [1.82, 2.24) is 5.32 Å². The molecule has 2 heterocycles. The normalized spacial score (nSPS) is 47.4. The summed E-state index contributed by atoms with van der Waals surface area (Å²) in [6, 6.07) is 6.96. The molecule has 1 unspecified atom stereocenters. The monoisotopic (exact) mass is 467 g/mol. The zero-order valence-electron chi connectivity index (χ0n) is 20.2. The molecule has 2 saturated heterocycles. The predicted octanol–water partition coefficient (Wildman–Crippen LogP) is 2.97. The average Bonchev–Trinajstić information content (AvgIpc) is 3.42. The number of phenolic OH excluding ortho intramolecular Hbond substituents is 1. The number of fused-ring (bicyclic) bond motifs is 2. The lowest BCUT2D eigenvalue weighted by atomic mass is 9.51. The highest BCUT2D eigenvalue weighted by Gasteiger charge is 2.77. The highest BCUT2D eigenvalue weighted by atomic mass is 16.6. The maximum Gasteiger partial charge on any atom is 0.230 e. The van der Waals surface area contributed by atoms with Crippen LogP contribution in [-0.2, 0) is 16.0 Å². The number of aliphatic hydroxyl groups excluding tert-OH is 2. The van der Waals surface area contributed by atoms with Gasteiger partial charge >= 0.3 is 0 Å². The lowest BCUT2D eigenvalue weighted by Gasteiger charge is -2.48. The van der Waals surface area contributed by atoms with Crippen LogP contribution in [0.3, 0.4) is 0 Å². The molecule has 10 atom stereocenters. The number of hydrogen-bond acceptors (Lipinski definition) is 5. The van der Waals surface area contributed by atoms with Crippen molar-refractivity contribution in [3.05, 3.63) is 54.1 Å². The van der Waals surface area contributed by atoms with Gasteiger partial charge in [-0.25, -0.2) is 0 Å². The van der Waals surface area contributed by atoms with E-state index in [1.807, 2.05) is 24.3 Å². The number of ether oxygens (including phenoxy) is 1. The molecule has 1 amide bonds. The summed E-state index contributed by atoms with van der Waals surface area (Å²) in [5, 5.41) is 34.5. The van der Waals surface area contributed by atoms with E-state index in [1.165, 1.54) is 0 Å². The number of allylic oxidation sites excluding steroid dienone is 2. The van der Waals surface area contributed by atoms with Crippen molar-refractivity contribution < 1.29 is 24.9 Å². The summed E-state index contributed by atoms with van der Waals surface area (Å²) in [4.78, 5) is 13.9. The summed E-state index contributed by atoms with van der Waals surface area (Å²) >= 11 is 0. The van der Waals surface area contributed by atoms with E-state index in [2.05, 4.69) is 38.2 Å². The first-order chi connectivity index (χ1) is 16.2. The Bertz CT molecular complexity index is 989. The second-order valence-electron chi connectivity index (χ2n) is 11.2. The number of aliphatic hydroxyl groups is 2. The van der Waals surface area contributed by atoms with E-state index < -0.39 is 11.5 Å². The molecule has 4 aliphatic rings. The van der Waals surface area contributed by atoms with Crippen molar-refractivity contribution in [1.29, 1.82) is 0 Å². The Morgan fingerprint density at radius 1 is 1.15 bits per heavy atom. The summed E-state index contributed by atoms with van der Waals surface area (Å²) in [5.74, 6) is 0.126. The number of phenols is 1. The molecule has 5 rings (SSSR count). The average molecular weight is 468 g/mol. The largest absolute Gasteiger partial charge is 0.508 e. The van der Waals surface area contributed by atoms with Crippen LogP contribution in [0.5, 0.6) is 5.75 Å². The number of amides is 1. The van der Waals surface area contributed by atoms with Crippen LogP contribution in [-0.4, -0.2) is 51.7 Å². The van der Waals surface area contributed by atoms with Gasteiger partial charge in [-0.1, -0.05) is 50.3 Å². The minimum atomic E-state index is -1.02. The van der Waals surface area contributed by atoms with Crippen LogP contribution >= 0.6 is 0 Å². The molecule has 2 aliphatic heterocycles. The van der Waals surface area contributed by atoms with Gasteiger partial charge in [0.15, 0.2) is 0 Å². The van der Waals surface area contributed by atoms with Gasteiger partial charge < -0.3 is 25.4 Å². The fourth-order valence-corrected chi connectivity index (χ4v) is 7.22. The Kier molecular flexibility index (Phi) is 5.90. The van der Waals surface area contributed by atoms with Crippen molar-refractivity contribution in [2.24, 2.45) is 35.0 Å². The minimum Gasteiger partial charge on any atom is -0.508 e. The summed E-state index contributed by atoms with van der Waals surface area (Å²) < 4.78 is 6.31. The van der Waals surface area contributed by atoms with E-state index in [0.717, 1.165) is 18.4 Å². The van der Waals surface area contributed by atoms with E-state index >= 15 is 0 Å². The van der Waals surface area contributed by atoms with E-state index in [1.54, 1.807) is 12.1 Å². The molecule has 184 valence electrons. The Balaban J connectivity index is 1.59. The molecule has 3 fully saturated rings. The molecule has 4 N–H and O–H groups in total. The Morgan fingerprint density at radius 2 is 1.88 bits per heavy atom. The van der Waals surface area contributed by atoms with E-state index in [4.69, 9.17) is 4.74 Å². The fraction of sp³-hybridized carbons (Fsp3) is 0.607. The number of hydrogen-bond donors (Lipinski definition) is 4. The SMILES string of the molecule is C[C@@H]1/C=C/C(O)[C@@]23C(=O)N[C@@H](Cc4ccc(O)cc4)[C@@H]2[C@H](C)[C@@]2(C)O[C@H]2[C@@H]3/C=C/C[C@H](CO)C1. The summed E-state index contributed by atoms with van der Waals surface area (Å²) in [5.41, 5.74) is -0.326. The number of epoxide rings is 1. The topological polar surface area (TPSA) is 102 Å². The lowest BCUT2D eigenvalue weighted by Crippen LogP contribution is -2.59. The minimum absolute atomic E-state index is 0.0685. The highest BCUT2D eigenvalue weighted by molar-refractivity contribution is 5.88. The molecule has 0 radical (unpaired) electrons. The standard InChI is InChI=1S/C28H37NO5/c1-16-7-12-23(32)28-21(6-4-5-19(13-16)15-30)25-27(3,34-25)17(2)24(28)22(29-26(28)33)14-18-8-10-20(31)11-9-18/h4,6-12,16-17,19,21-25,30-32H,5,13-15H2,1-3H3,(H,29,33)/b6-4+,12-7+/t16-,17+,19+,21+,22+,23?,24+,25+,27-,28-/m1/s1. The van der Waals surface area contributed by atoms with Gasteiger partial charge in [-0.3, -0.25) is 4.79 Å². The number of carbonyl (C=O) groups is 1. The molecule has 2 aliphatic carbocycles. The molecule has 1 aromatic carbocycles. The van der Waals surface area contributed by atoms with E-state index in [9.17, 15) is 20.1 Å². The number of nitrogens with one attached hydrogen (secondary N) is 1. The zero-order chi connectivity index (χ0) is 24.3. The van der Waals surface area contributed by atoms with Gasteiger partial charge in [0.2, 0.25) is 5.91 Å². The molecule has 1 aromatic rings. The molecule has 1 spiro atoms. The molecular weight excluding hydrogens is 430 g/mol. The van der Waals surface area contributed by atoms with E-state index in [-0.39, 0.29) is 65.6 Å². The van der Waals surface area contributed by atoms with Crippen molar-refractivity contribution in [2.45, 2.75) is 63.9 Å². The van der Waals surface area contributed by atoms with Gasteiger partial charge in [-0.15, -0.1) is 0 Å². The smallest absolute Gasteiger partial charge is 0.230 e. The second-order valence-corrected chi connectivity index (χ2v) is 11.2. The Hall–Kier alpha value is -2.15. The Morgan fingerprint density at radius 3 is 2.59 bits per heavy atom. The van der Waals surface area contributed by atoms with Crippen LogP contribution in [0, 0.1) is 35.0 Å². The Labute approximate surface area is 201 Å². The van der Waals surface area contributed by atoms with Gasteiger partial charge in [0.1, 0.15) is 5.75 Å². The third-order valence-electron chi connectivity index (χ3n) is 9.18. The maximum atomic E-state index is 13.9. The van der Waals surface area contributed by atoms with Crippen molar-refractivity contribution in [3.8, 4) is 5.75 Å². The first-order valence-corrected chi connectivity index (χ1v) is 12.6. The quantitative estimate of drug-likeness (QED) is 0.404. The van der Waals surface area contributed by atoms with Crippen molar-refractivity contribution in [3.63, 3.8) is 0 Å². The van der Waals surface area contributed by atoms with Crippen LogP contribution in [0.25, 0.3) is 0 Å². The van der Waals surface area contributed by atoms with Gasteiger partial charge in [-0.2, -0.15) is 0 Å². The summed E-state index contributed by atoms with van der Waals surface area (Å²) in [7, 11) is 0. The van der Waals surface area contributed by atoms with Crippen LogP contribution in [0.1, 0.15) is 39.2 Å². The van der Waals surface area contributed by atoms with E-state index in [0.29, 0.717) is 6.42 Å². The number of aromatic hydroxyl groups is 1. The number of benzene rings is 1. The third kappa shape index (κ3) is 3.53. The van der Waals surface area contributed by atoms with Crippen LogP contribution in [0.2, 0.25) is 0 Å². The third-order valence-corrected chi connectivity index (χ3v) is 9.18. The summed E-state index contributed by atoms with van der Waals surface area (Å²) in [6.45, 7) is 6.50. The highest BCUT2D eigenvalue weighted by Crippen LogP contribution is 2.66. The van der Waals surface area contributed by atoms with Gasteiger partial charge in [0.05, 0.1) is 23.2 Å². The van der Waals surface area contributed by atoms with Crippen molar-refractivity contribution >= 4 is 5.91 Å². The molecule has 0 bridgehead atoms. The molecule has 6 heteroatoms. The first-order valence-electron chi connectivity index (χ1n) is 12.6. The molecule has 0 aromatic heterocycles. The van der Waals surface area contributed by atoms with Crippen molar-refractivity contribution in [2.75, 3.05) is 6.61 Å². The maximum absolute atomic E-state index is 13.9.